The molecule has 1 heterocycles. The van der Waals surface area contributed by atoms with Crippen molar-refractivity contribution in [1.29, 1.82) is 0 Å². The Bertz CT molecular complexity index is 250. The van der Waals surface area contributed by atoms with Gasteiger partial charge in [-0.25, -0.2) is 0 Å². The smallest absolute Gasteiger partial charge is 0.310 e. The molecule has 0 bridgehead atoms. The van der Waals surface area contributed by atoms with Crippen molar-refractivity contribution in [1.82, 2.24) is 4.90 Å². The molecule has 0 aromatic heterocycles. The van der Waals surface area contributed by atoms with E-state index in [0.29, 0.717) is 5.92 Å². The molecule has 1 aliphatic heterocycles. The second kappa shape index (κ2) is 5.17. The molecule has 0 aromatic carbocycles. The van der Waals surface area contributed by atoms with Gasteiger partial charge in [0.2, 0.25) is 0 Å². The first-order valence-corrected chi connectivity index (χ1v) is 6.69. The highest BCUT2D eigenvalue weighted by Gasteiger charge is 2.45. The maximum Gasteiger partial charge on any atom is 0.310 e. The lowest BCUT2D eigenvalue weighted by Crippen LogP contribution is -2.35. The fourth-order valence-electron chi connectivity index (χ4n) is 3.11. The Hall–Kier alpha value is -0.570. The van der Waals surface area contributed by atoms with E-state index in [0.717, 1.165) is 26.1 Å². The first kappa shape index (κ1) is 11.9. The van der Waals surface area contributed by atoms with Gasteiger partial charge in [-0.3, -0.25) is 4.79 Å². The van der Waals surface area contributed by atoms with Crippen LogP contribution in [0.1, 0.15) is 39.5 Å². The molecule has 1 saturated carbocycles. The van der Waals surface area contributed by atoms with Crippen molar-refractivity contribution < 1.29 is 9.53 Å². The van der Waals surface area contributed by atoms with Gasteiger partial charge in [0.25, 0.3) is 0 Å². The van der Waals surface area contributed by atoms with Crippen LogP contribution in [-0.2, 0) is 9.53 Å². The Labute approximate surface area is 98.1 Å². The van der Waals surface area contributed by atoms with Gasteiger partial charge in [0.15, 0.2) is 0 Å². The highest BCUT2D eigenvalue weighted by molar-refractivity contribution is 5.75. The maximum absolute atomic E-state index is 11.9. The molecule has 3 heteroatoms. The van der Waals surface area contributed by atoms with Crippen LogP contribution >= 0.6 is 0 Å². The largest absolute Gasteiger partial charge is 0.462 e. The van der Waals surface area contributed by atoms with Crippen LogP contribution in [0, 0.1) is 11.8 Å². The summed E-state index contributed by atoms with van der Waals surface area (Å²) in [6.45, 7) is 7.26. The number of hydrogen-bond donors (Lipinski definition) is 0. The molecule has 92 valence electrons. The third-order valence-corrected chi connectivity index (χ3v) is 4.19. The first-order valence-electron chi connectivity index (χ1n) is 6.69. The summed E-state index contributed by atoms with van der Waals surface area (Å²) < 4.78 is 5.50. The van der Waals surface area contributed by atoms with Crippen molar-refractivity contribution in [3.63, 3.8) is 0 Å². The summed E-state index contributed by atoms with van der Waals surface area (Å²) in [4.78, 5) is 14.2. The summed E-state index contributed by atoms with van der Waals surface area (Å²) in [5.41, 5.74) is 0. The standard InChI is InChI=1S/C13H23NO2/c1-3-14(4-2)9-11-10-7-5-6-8-12(10)16-13(11)15/h10-12H,3-9H2,1-2H3. The average Bonchev–Trinajstić information content (AvgIpc) is 2.62. The minimum absolute atomic E-state index is 0.0591. The summed E-state index contributed by atoms with van der Waals surface area (Å²) in [5, 5.41) is 0. The van der Waals surface area contributed by atoms with Gasteiger partial charge >= 0.3 is 5.97 Å². The van der Waals surface area contributed by atoms with Crippen molar-refractivity contribution in [3.05, 3.63) is 0 Å². The van der Waals surface area contributed by atoms with Crippen molar-refractivity contribution in [2.24, 2.45) is 11.8 Å². The third-order valence-electron chi connectivity index (χ3n) is 4.19. The van der Waals surface area contributed by atoms with Crippen LogP contribution in [0.2, 0.25) is 0 Å². The van der Waals surface area contributed by atoms with Crippen LogP contribution in [0.5, 0.6) is 0 Å². The Morgan fingerprint density at radius 2 is 1.94 bits per heavy atom. The molecule has 0 amide bonds. The van der Waals surface area contributed by atoms with E-state index in [-0.39, 0.29) is 18.0 Å². The lowest BCUT2D eigenvalue weighted by Gasteiger charge is -2.28. The second-order valence-corrected chi connectivity index (χ2v) is 5.02. The van der Waals surface area contributed by atoms with E-state index in [1.54, 1.807) is 0 Å². The molecule has 0 N–H and O–H groups in total. The van der Waals surface area contributed by atoms with E-state index in [4.69, 9.17) is 4.74 Å². The van der Waals surface area contributed by atoms with Gasteiger partial charge in [0.05, 0.1) is 5.92 Å². The summed E-state index contributed by atoms with van der Waals surface area (Å²) in [5.74, 6) is 0.704. The normalized spacial score (nSPS) is 33.9. The van der Waals surface area contributed by atoms with Gasteiger partial charge in [-0.05, 0) is 32.4 Å². The minimum Gasteiger partial charge on any atom is -0.462 e. The molecule has 0 radical (unpaired) electrons. The molecule has 1 aliphatic carbocycles. The van der Waals surface area contributed by atoms with Gasteiger partial charge in [-0.1, -0.05) is 20.3 Å². The quantitative estimate of drug-likeness (QED) is 0.686. The van der Waals surface area contributed by atoms with Gasteiger partial charge in [0, 0.05) is 12.5 Å². The second-order valence-electron chi connectivity index (χ2n) is 5.02. The van der Waals surface area contributed by atoms with E-state index >= 15 is 0 Å². The lowest BCUT2D eigenvalue weighted by atomic mass is 9.80. The van der Waals surface area contributed by atoms with Crippen molar-refractivity contribution in [3.8, 4) is 0 Å². The Morgan fingerprint density at radius 3 is 2.62 bits per heavy atom. The molecule has 3 unspecified atom stereocenters. The lowest BCUT2D eigenvalue weighted by molar-refractivity contribution is -0.144. The topological polar surface area (TPSA) is 29.5 Å². The molecule has 1 saturated heterocycles. The van der Waals surface area contributed by atoms with Crippen molar-refractivity contribution in [2.45, 2.75) is 45.6 Å². The summed E-state index contributed by atoms with van der Waals surface area (Å²) >= 11 is 0. The van der Waals surface area contributed by atoms with Crippen LogP contribution in [0.3, 0.4) is 0 Å². The van der Waals surface area contributed by atoms with Gasteiger partial charge in [-0.15, -0.1) is 0 Å². The van der Waals surface area contributed by atoms with Crippen LogP contribution in [0.25, 0.3) is 0 Å². The summed E-state index contributed by atoms with van der Waals surface area (Å²) in [7, 11) is 0. The Morgan fingerprint density at radius 1 is 1.25 bits per heavy atom. The molecule has 16 heavy (non-hydrogen) atoms. The summed E-state index contributed by atoms with van der Waals surface area (Å²) in [6, 6.07) is 0. The molecular weight excluding hydrogens is 202 g/mol. The van der Waals surface area contributed by atoms with Crippen LogP contribution in [-0.4, -0.2) is 36.6 Å². The Kier molecular flexibility index (Phi) is 3.85. The highest BCUT2D eigenvalue weighted by atomic mass is 16.6. The number of hydrogen-bond acceptors (Lipinski definition) is 3. The number of rotatable bonds is 4. The van der Waals surface area contributed by atoms with E-state index in [9.17, 15) is 4.79 Å². The van der Waals surface area contributed by atoms with E-state index in [2.05, 4.69) is 18.7 Å². The van der Waals surface area contributed by atoms with E-state index < -0.39 is 0 Å². The number of nitrogens with zero attached hydrogens (tertiary/aromatic N) is 1. The van der Waals surface area contributed by atoms with Crippen LogP contribution in [0.4, 0.5) is 0 Å². The third kappa shape index (κ3) is 2.24. The van der Waals surface area contributed by atoms with Gasteiger partial charge in [-0.2, -0.15) is 0 Å². The highest BCUT2D eigenvalue weighted by Crippen LogP contribution is 2.39. The molecule has 2 aliphatic rings. The Balaban J connectivity index is 1.99. The van der Waals surface area contributed by atoms with Crippen LogP contribution < -0.4 is 0 Å². The summed E-state index contributed by atoms with van der Waals surface area (Å²) in [6.07, 6.45) is 5.01. The first-order chi connectivity index (χ1) is 7.76. The fourth-order valence-corrected chi connectivity index (χ4v) is 3.11. The fraction of sp³-hybridized carbons (Fsp3) is 0.923. The SMILES string of the molecule is CCN(CC)CC1C(=O)OC2CCCCC21. The van der Waals surface area contributed by atoms with Crippen LogP contribution in [0.15, 0.2) is 0 Å². The molecule has 3 atom stereocenters. The zero-order valence-corrected chi connectivity index (χ0v) is 10.4. The average molecular weight is 225 g/mol. The van der Waals surface area contributed by atoms with E-state index in [1.807, 2.05) is 0 Å². The number of carbonyl (C=O) groups excluding carboxylic acids is 1. The maximum atomic E-state index is 11.9. The minimum atomic E-state index is 0.0591. The molecular formula is C13H23NO2. The molecule has 2 fully saturated rings. The number of fused-ring (bicyclic) bond motifs is 1. The molecule has 3 nitrogen and oxygen atoms in total. The zero-order valence-electron chi connectivity index (χ0n) is 10.4. The van der Waals surface area contributed by atoms with Gasteiger partial charge < -0.3 is 9.64 Å². The predicted octanol–water partition coefficient (Wildman–Crippen LogP) is 2.06. The monoisotopic (exact) mass is 225 g/mol. The van der Waals surface area contributed by atoms with Gasteiger partial charge in [0.1, 0.15) is 6.10 Å². The zero-order chi connectivity index (χ0) is 11.5. The van der Waals surface area contributed by atoms with Crippen molar-refractivity contribution >= 4 is 5.97 Å². The number of ether oxygens (including phenoxy) is 1. The molecule has 2 rings (SSSR count). The van der Waals surface area contributed by atoms with Crippen molar-refractivity contribution in [2.75, 3.05) is 19.6 Å². The number of esters is 1. The predicted molar refractivity (Wildman–Crippen MR) is 63.1 cm³/mol. The molecule has 0 aromatic rings. The van der Waals surface area contributed by atoms with E-state index in [1.165, 1.54) is 19.3 Å². The molecule has 0 spiro atoms. The number of carbonyl (C=O) groups is 1.